The third kappa shape index (κ3) is 5.39. The Morgan fingerprint density at radius 3 is 2.38 bits per heavy atom. The Hall–Kier alpha value is -2.32. The monoisotopic (exact) mass is 334 g/mol. The molecule has 0 aliphatic carbocycles. The Labute approximate surface area is 138 Å². The Kier molecular flexibility index (Phi) is 6.39. The molecule has 7 heteroatoms. The van der Waals surface area contributed by atoms with Crippen molar-refractivity contribution >= 4 is 5.91 Å². The fraction of sp³-hybridized carbons (Fsp3) is 0.235. The van der Waals surface area contributed by atoms with E-state index in [4.69, 9.17) is 5.21 Å². The fourth-order valence-corrected chi connectivity index (χ4v) is 2.36. The highest BCUT2D eigenvalue weighted by Crippen LogP contribution is 2.15. The van der Waals surface area contributed by atoms with Crippen LogP contribution in [0.3, 0.4) is 0 Å². The molecule has 0 bridgehead atoms. The number of aliphatic hydroxyl groups is 2. The van der Waals surface area contributed by atoms with Gasteiger partial charge in [0, 0.05) is 18.7 Å². The standard InChI is InChI=1S/C17H19FN2O4/c18-15-6-4-12(5-7-15)9-20(11-16(21)19-24)10-13-2-1-3-14(8-13)17(22)23/h1-8,17,22-24H,9-11H2,(H,19,21). The van der Waals surface area contributed by atoms with Gasteiger partial charge in [0.1, 0.15) is 5.82 Å². The summed E-state index contributed by atoms with van der Waals surface area (Å²) in [6.45, 7) is 0.630. The lowest BCUT2D eigenvalue weighted by molar-refractivity contribution is -0.130. The Balaban J connectivity index is 2.14. The number of rotatable bonds is 7. The molecule has 1 amide bonds. The van der Waals surface area contributed by atoms with Crippen LogP contribution in [-0.2, 0) is 17.9 Å². The highest BCUT2D eigenvalue weighted by Gasteiger charge is 2.13. The lowest BCUT2D eigenvalue weighted by Gasteiger charge is -2.22. The molecule has 0 radical (unpaired) electrons. The average molecular weight is 334 g/mol. The van der Waals surface area contributed by atoms with Crippen molar-refractivity contribution in [3.8, 4) is 0 Å². The summed E-state index contributed by atoms with van der Waals surface area (Å²) in [6.07, 6.45) is -1.57. The van der Waals surface area contributed by atoms with E-state index in [2.05, 4.69) is 0 Å². The molecule has 0 saturated heterocycles. The van der Waals surface area contributed by atoms with Gasteiger partial charge in [0.05, 0.1) is 6.54 Å². The minimum atomic E-state index is -1.57. The smallest absolute Gasteiger partial charge is 0.257 e. The quantitative estimate of drug-likeness (QED) is 0.348. The minimum absolute atomic E-state index is 0.0697. The first kappa shape index (κ1) is 18.0. The molecular weight excluding hydrogens is 315 g/mol. The van der Waals surface area contributed by atoms with Crippen molar-refractivity contribution in [1.82, 2.24) is 10.4 Å². The van der Waals surface area contributed by atoms with E-state index in [1.165, 1.54) is 12.1 Å². The Morgan fingerprint density at radius 2 is 1.75 bits per heavy atom. The van der Waals surface area contributed by atoms with Crippen molar-refractivity contribution in [1.29, 1.82) is 0 Å². The number of carbonyl (C=O) groups excluding carboxylic acids is 1. The molecule has 0 unspecified atom stereocenters. The maximum Gasteiger partial charge on any atom is 0.257 e. The third-order valence-corrected chi connectivity index (χ3v) is 3.47. The van der Waals surface area contributed by atoms with Crippen LogP contribution in [0.2, 0.25) is 0 Å². The summed E-state index contributed by atoms with van der Waals surface area (Å²) in [7, 11) is 0. The highest BCUT2D eigenvalue weighted by molar-refractivity contribution is 5.76. The van der Waals surface area contributed by atoms with Gasteiger partial charge in [-0.3, -0.25) is 14.9 Å². The van der Waals surface area contributed by atoms with E-state index in [0.717, 1.165) is 11.1 Å². The van der Waals surface area contributed by atoms with E-state index in [1.54, 1.807) is 46.8 Å². The molecule has 2 aromatic carbocycles. The third-order valence-electron chi connectivity index (χ3n) is 3.47. The van der Waals surface area contributed by atoms with Crippen LogP contribution in [0.5, 0.6) is 0 Å². The van der Waals surface area contributed by atoms with Gasteiger partial charge in [-0.15, -0.1) is 0 Å². The van der Waals surface area contributed by atoms with Crippen LogP contribution < -0.4 is 5.48 Å². The van der Waals surface area contributed by atoms with E-state index in [-0.39, 0.29) is 12.4 Å². The number of halogens is 1. The second-order valence-electron chi connectivity index (χ2n) is 5.43. The number of hydrogen-bond donors (Lipinski definition) is 4. The van der Waals surface area contributed by atoms with Crippen LogP contribution >= 0.6 is 0 Å². The predicted molar refractivity (Wildman–Crippen MR) is 84.1 cm³/mol. The zero-order chi connectivity index (χ0) is 17.5. The van der Waals surface area contributed by atoms with Gasteiger partial charge in [-0.25, -0.2) is 9.87 Å². The molecule has 2 rings (SSSR count). The zero-order valence-electron chi connectivity index (χ0n) is 12.9. The highest BCUT2D eigenvalue weighted by atomic mass is 19.1. The number of nitrogens with one attached hydrogen (secondary N) is 1. The maximum absolute atomic E-state index is 13.0. The molecule has 6 nitrogen and oxygen atoms in total. The second-order valence-corrected chi connectivity index (χ2v) is 5.43. The van der Waals surface area contributed by atoms with Crippen LogP contribution in [0.4, 0.5) is 4.39 Å². The average Bonchev–Trinajstić information content (AvgIpc) is 2.57. The van der Waals surface area contributed by atoms with Gasteiger partial charge in [-0.2, -0.15) is 0 Å². The first-order valence-corrected chi connectivity index (χ1v) is 7.32. The summed E-state index contributed by atoms with van der Waals surface area (Å²) in [5.41, 5.74) is 3.51. The molecule has 0 fully saturated rings. The van der Waals surface area contributed by atoms with Gasteiger partial charge < -0.3 is 10.2 Å². The van der Waals surface area contributed by atoms with E-state index >= 15 is 0 Å². The number of carbonyl (C=O) groups is 1. The molecule has 4 N–H and O–H groups in total. The van der Waals surface area contributed by atoms with Crippen LogP contribution in [-0.4, -0.2) is 32.8 Å². The first-order valence-electron chi connectivity index (χ1n) is 7.32. The van der Waals surface area contributed by atoms with Gasteiger partial charge in [-0.05, 0) is 29.3 Å². The first-order chi connectivity index (χ1) is 11.5. The number of amides is 1. The van der Waals surface area contributed by atoms with Crippen molar-refractivity contribution in [3.63, 3.8) is 0 Å². The Morgan fingerprint density at radius 1 is 1.08 bits per heavy atom. The molecule has 24 heavy (non-hydrogen) atoms. The van der Waals surface area contributed by atoms with E-state index in [9.17, 15) is 19.4 Å². The van der Waals surface area contributed by atoms with Crippen LogP contribution in [0, 0.1) is 5.82 Å². The number of benzene rings is 2. The molecule has 0 aromatic heterocycles. The number of aliphatic hydroxyl groups excluding tert-OH is 1. The SMILES string of the molecule is O=C(CN(Cc1ccc(F)cc1)Cc1cccc(C(O)O)c1)NO. The minimum Gasteiger partial charge on any atom is -0.364 e. The Bertz CT molecular complexity index is 677. The predicted octanol–water partition coefficient (Wildman–Crippen LogP) is 1.32. The molecule has 0 aliphatic heterocycles. The normalized spacial score (nSPS) is 11.1. The van der Waals surface area contributed by atoms with E-state index in [0.29, 0.717) is 18.7 Å². The van der Waals surface area contributed by atoms with Crippen molar-refractivity contribution < 1.29 is 24.6 Å². The van der Waals surface area contributed by atoms with Crippen molar-refractivity contribution in [3.05, 3.63) is 71.0 Å². The molecule has 0 spiro atoms. The topological polar surface area (TPSA) is 93.0 Å². The van der Waals surface area contributed by atoms with Gasteiger partial charge in [0.2, 0.25) is 0 Å². The number of nitrogens with zero attached hydrogens (tertiary/aromatic N) is 1. The summed E-state index contributed by atoms with van der Waals surface area (Å²) in [4.78, 5) is 13.2. The zero-order valence-corrected chi connectivity index (χ0v) is 12.9. The van der Waals surface area contributed by atoms with Crippen LogP contribution in [0.15, 0.2) is 48.5 Å². The summed E-state index contributed by atoms with van der Waals surface area (Å²) >= 11 is 0. The lowest BCUT2D eigenvalue weighted by atomic mass is 10.1. The summed E-state index contributed by atoms with van der Waals surface area (Å²) in [5, 5.41) is 27.2. The van der Waals surface area contributed by atoms with Crippen LogP contribution in [0.25, 0.3) is 0 Å². The molecule has 2 aromatic rings. The second kappa shape index (κ2) is 8.51. The van der Waals surface area contributed by atoms with E-state index in [1.807, 2.05) is 0 Å². The molecular formula is C17H19FN2O4. The van der Waals surface area contributed by atoms with Gasteiger partial charge in [0.25, 0.3) is 5.91 Å². The number of hydroxylamine groups is 1. The lowest BCUT2D eigenvalue weighted by Crippen LogP contribution is -2.35. The maximum atomic E-state index is 13.0. The van der Waals surface area contributed by atoms with Crippen molar-refractivity contribution in [2.45, 2.75) is 19.4 Å². The molecule has 128 valence electrons. The fourth-order valence-electron chi connectivity index (χ4n) is 2.36. The van der Waals surface area contributed by atoms with Gasteiger partial charge >= 0.3 is 0 Å². The van der Waals surface area contributed by atoms with E-state index < -0.39 is 12.2 Å². The molecule has 0 aliphatic rings. The largest absolute Gasteiger partial charge is 0.364 e. The number of hydrogen-bond acceptors (Lipinski definition) is 5. The summed E-state index contributed by atoms with van der Waals surface area (Å²) < 4.78 is 13.0. The molecule has 0 heterocycles. The van der Waals surface area contributed by atoms with Crippen molar-refractivity contribution in [2.75, 3.05) is 6.54 Å². The summed E-state index contributed by atoms with van der Waals surface area (Å²) in [6, 6.07) is 12.6. The van der Waals surface area contributed by atoms with Gasteiger partial charge in [0.15, 0.2) is 6.29 Å². The molecule has 0 saturated carbocycles. The van der Waals surface area contributed by atoms with Crippen molar-refractivity contribution in [2.24, 2.45) is 0 Å². The summed E-state index contributed by atoms with van der Waals surface area (Å²) in [5.74, 6) is -0.918. The van der Waals surface area contributed by atoms with Gasteiger partial charge in [-0.1, -0.05) is 30.3 Å². The molecule has 0 atom stereocenters. The van der Waals surface area contributed by atoms with Crippen LogP contribution in [0.1, 0.15) is 23.0 Å².